The predicted octanol–water partition coefficient (Wildman–Crippen LogP) is 3.69. The minimum absolute atomic E-state index is 0. The average molecular weight is 216 g/mol. The minimum Gasteiger partial charge on any atom is -0.497 e. The summed E-state index contributed by atoms with van der Waals surface area (Å²) in [4.78, 5) is 11.2. The summed E-state index contributed by atoms with van der Waals surface area (Å²) in [5, 5.41) is 2.14. The van der Waals surface area contributed by atoms with E-state index in [9.17, 15) is 4.79 Å². The fraction of sp³-hybridized carbons (Fsp3) is 0.214. The van der Waals surface area contributed by atoms with E-state index in [1.807, 2.05) is 36.4 Å². The van der Waals surface area contributed by atoms with Gasteiger partial charge in [0.1, 0.15) is 5.75 Å². The van der Waals surface area contributed by atoms with Crippen LogP contribution < -0.4 is 4.74 Å². The normalized spacial score (nSPS) is 9.62. The summed E-state index contributed by atoms with van der Waals surface area (Å²) in [6, 6.07) is 11.5. The van der Waals surface area contributed by atoms with Crippen molar-refractivity contribution in [3.05, 3.63) is 42.0 Å². The molecule has 2 rings (SSSR count). The highest BCUT2D eigenvalue weighted by Gasteiger charge is 2.01. The van der Waals surface area contributed by atoms with Crippen LogP contribution in [-0.4, -0.2) is 12.9 Å². The number of hydrogen-bond donors (Lipinski definition) is 0. The topological polar surface area (TPSA) is 26.3 Å². The lowest BCUT2D eigenvalue weighted by Crippen LogP contribution is -1.91. The van der Waals surface area contributed by atoms with Gasteiger partial charge in [-0.2, -0.15) is 0 Å². The SMILES string of the molecule is C.COc1ccc2cc(C(C)=O)ccc2c1. The Bertz CT molecular complexity index is 515. The van der Waals surface area contributed by atoms with E-state index in [1.165, 1.54) is 0 Å². The Morgan fingerprint density at radius 2 is 1.69 bits per heavy atom. The van der Waals surface area contributed by atoms with Gasteiger partial charge in [0.2, 0.25) is 0 Å². The molecule has 0 atom stereocenters. The smallest absolute Gasteiger partial charge is 0.159 e. The van der Waals surface area contributed by atoms with Crippen molar-refractivity contribution in [3.63, 3.8) is 0 Å². The fourth-order valence-electron chi connectivity index (χ4n) is 1.57. The summed E-state index contributed by atoms with van der Waals surface area (Å²) in [6.45, 7) is 1.57. The fourth-order valence-corrected chi connectivity index (χ4v) is 1.57. The molecule has 16 heavy (non-hydrogen) atoms. The van der Waals surface area contributed by atoms with Gasteiger partial charge in [-0.05, 0) is 35.9 Å². The maximum Gasteiger partial charge on any atom is 0.159 e. The Hall–Kier alpha value is -1.83. The molecule has 0 aliphatic carbocycles. The number of carbonyl (C=O) groups is 1. The van der Waals surface area contributed by atoms with E-state index in [-0.39, 0.29) is 13.2 Å². The standard InChI is InChI=1S/C13H12O2.CH4/c1-9(14)10-3-4-12-8-13(15-2)6-5-11(12)7-10;/h3-8H,1-2H3;1H4. The lowest BCUT2D eigenvalue weighted by Gasteiger charge is -2.03. The second-order valence-corrected chi connectivity index (χ2v) is 3.48. The third kappa shape index (κ3) is 2.22. The van der Waals surface area contributed by atoms with Crippen molar-refractivity contribution in [2.24, 2.45) is 0 Å². The molecule has 0 radical (unpaired) electrons. The van der Waals surface area contributed by atoms with Gasteiger partial charge >= 0.3 is 0 Å². The number of hydrogen-bond acceptors (Lipinski definition) is 2. The molecule has 0 aliphatic heterocycles. The lowest BCUT2D eigenvalue weighted by molar-refractivity contribution is 0.101. The molecule has 2 aromatic rings. The van der Waals surface area contributed by atoms with Crippen LogP contribution >= 0.6 is 0 Å². The van der Waals surface area contributed by atoms with Crippen molar-refractivity contribution in [2.45, 2.75) is 14.4 Å². The van der Waals surface area contributed by atoms with Crippen molar-refractivity contribution in [1.82, 2.24) is 0 Å². The van der Waals surface area contributed by atoms with Gasteiger partial charge in [-0.1, -0.05) is 25.6 Å². The first-order valence-corrected chi connectivity index (χ1v) is 4.79. The molecule has 0 N–H and O–H groups in total. The highest BCUT2D eigenvalue weighted by Crippen LogP contribution is 2.21. The number of fused-ring (bicyclic) bond motifs is 1. The van der Waals surface area contributed by atoms with Gasteiger partial charge in [0.15, 0.2) is 5.78 Å². The molecule has 0 unspecified atom stereocenters. The highest BCUT2D eigenvalue weighted by molar-refractivity contribution is 5.98. The number of ether oxygens (including phenoxy) is 1. The van der Waals surface area contributed by atoms with E-state index in [1.54, 1.807) is 14.0 Å². The molecule has 0 spiro atoms. The van der Waals surface area contributed by atoms with Gasteiger partial charge in [0.05, 0.1) is 7.11 Å². The van der Waals surface area contributed by atoms with E-state index in [2.05, 4.69) is 0 Å². The molecule has 0 heterocycles. The van der Waals surface area contributed by atoms with Crippen LogP contribution in [0.15, 0.2) is 36.4 Å². The largest absolute Gasteiger partial charge is 0.497 e. The molecule has 2 aromatic carbocycles. The van der Waals surface area contributed by atoms with Crippen LogP contribution in [0.4, 0.5) is 0 Å². The van der Waals surface area contributed by atoms with Crippen LogP contribution in [0.2, 0.25) is 0 Å². The summed E-state index contributed by atoms with van der Waals surface area (Å²) >= 11 is 0. The second-order valence-electron chi connectivity index (χ2n) is 3.48. The maximum atomic E-state index is 11.2. The van der Waals surface area contributed by atoms with Crippen molar-refractivity contribution < 1.29 is 9.53 Å². The van der Waals surface area contributed by atoms with Crippen LogP contribution in [0.25, 0.3) is 10.8 Å². The highest BCUT2D eigenvalue weighted by atomic mass is 16.5. The third-order valence-corrected chi connectivity index (χ3v) is 2.45. The number of benzene rings is 2. The summed E-state index contributed by atoms with van der Waals surface area (Å²) < 4.78 is 5.13. The molecule has 0 saturated heterocycles. The van der Waals surface area contributed by atoms with Crippen LogP contribution in [0.3, 0.4) is 0 Å². The molecule has 2 heteroatoms. The minimum atomic E-state index is 0. The molecular formula is C14H16O2. The van der Waals surface area contributed by atoms with Gasteiger partial charge in [-0.3, -0.25) is 4.79 Å². The first-order valence-electron chi connectivity index (χ1n) is 4.79. The number of carbonyl (C=O) groups excluding carboxylic acids is 1. The quantitative estimate of drug-likeness (QED) is 0.716. The zero-order chi connectivity index (χ0) is 10.8. The molecule has 0 amide bonds. The summed E-state index contributed by atoms with van der Waals surface area (Å²) in [5.74, 6) is 0.922. The van der Waals surface area contributed by atoms with Crippen molar-refractivity contribution in [2.75, 3.05) is 7.11 Å². The molecule has 0 aromatic heterocycles. The van der Waals surface area contributed by atoms with E-state index >= 15 is 0 Å². The lowest BCUT2D eigenvalue weighted by atomic mass is 10.0. The zero-order valence-electron chi connectivity index (χ0n) is 8.78. The number of ketones is 1. The molecule has 84 valence electrons. The Morgan fingerprint density at radius 3 is 2.31 bits per heavy atom. The summed E-state index contributed by atoms with van der Waals surface area (Å²) in [7, 11) is 1.64. The Labute approximate surface area is 95.9 Å². The molecule has 0 saturated carbocycles. The predicted molar refractivity (Wildman–Crippen MR) is 67.2 cm³/mol. The first-order chi connectivity index (χ1) is 7.20. The summed E-state index contributed by atoms with van der Waals surface area (Å²) in [5.41, 5.74) is 0.743. The average Bonchev–Trinajstić information content (AvgIpc) is 2.27. The molecule has 0 bridgehead atoms. The third-order valence-electron chi connectivity index (χ3n) is 2.45. The van der Waals surface area contributed by atoms with E-state index in [0.717, 1.165) is 22.1 Å². The van der Waals surface area contributed by atoms with Gasteiger partial charge in [-0.25, -0.2) is 0 Å². The molecule has 0 fully saturated rings. The first kappa shape index (κ1) is 12.2. The van der Waals surface area contributed by atoms with Crippen LogP contribution in [0.1, 0.15) is 24.7 Å². The van der Waals surface area contributed by atoms with Crippen molar-refractivity contribution in [1.29, 1.82) is 0 Å². The zero-order valence-corrected chi connectivity index (χ0v) is 8.78. The van der Waals surface area contributed by atoms with Crippen LogP contribution in [-0.2, 0) is 0 Å². The molecular weight excluding hydrogens is 200 g/mol. The van der Waals surface area contributed by atoms with Gasteiger partial charge < -0.3 is 4.74 Å². The van der Waals surface area contributed by atoms with E-state index < -0.39 is 0 Å². The Kier molecular flexibility index (Phi) is 3.67. The second kappa shape index (κ2) is 4.79. The van der Waals surface area contributed by atoms with Gasteiger partial charge in [0, 0.05) is 5.56 Å². The monoisotopic (exact) mass is 216 g/mol. The van der Waals surface area contributed by atoms with Gasteiger partial charge in [0.25, 0.3) is 0 Å². The maximum absolute atomic E-state index is 11.2. The van der Waals surface area contributed by atoms with Crippen molar-refractivity contribution in [3.8, 4) is 5.75 Å². The van der Waals surface area contributed by atoms with Gasteiger partial charge in [-0.15, -0.1) is 0 Å². The van der Waals surface area contributed by atoms with E-state index in [4.69, 9.17) is 4.74 Å². The molecule has 0 aliphatic rings. The van der Waals surface area contributed by atoms with Crippen LogP contribution in [0.5, 0.6) is 5.75 Å². The summed E-state index contributed by atoms with van der Waals surface area (Å²) in [6.07, 6.45) is 0. The number of rotatable bonds is 2. The van der Waals surface area contributed by atoms with Crippen LogP contribution in [0, 0.1) is 0 Å². The molecule has 2 nitrogen and oxygen atoms in total. The number of methoxy groups -OCH3 is 1. The van der Waals surface area contributed by atoms with E-state index in [0.29, 0.717) is 0 Å². The Balaban J connectivity index is 0.00000128. The number of Topliss-reactive ketones (excluding diaryl/α,β-unsaturated/α-hetero) is 1. The Morgan fingerprint density at radius 1 is 1.06 bits per heavy atom. The van der Waals surface area contributed by atoms with Crippen molar-refractivity contribution >= 4 is 16.6 Å².